The van der Waals surface area contributed by atoms with E-state index in [9.17, 15) is 14.9 Å². The van der Waals surface area contributed by atoms with E-state index in [1.165, 1.54) is 47.6 Å². The van der Waals surface area contributed by atoms with Crippen LogP contribution in [0.1, 0.15) is 34.7 Å². The van der Waals surface area contributed by atoms with Crippen molar-refractivity contribution in [2.75, 3.05) is 11.9 Å². The normalized spacial score (nSPS) is 13.7. The minimum atomic E-state index is -0.492. The lowest BCUT2D eigenvalue weighted by atomic mass is 10.1. The first-order valence-electron chi connectivity index (χ1n) is 7.29. The second-order valence-corrected chi connectivity index (χ2v) is 6.06. The van der Waals surface area contributed by atoms with Crippen LogP contribution in [0.3, 0.4) is 0 Å². The molecule has 0 heterocycles. The molecule has 1 saturated carbocycles. The monoisotopic (exact) mass is 330 g/mol. The molecule has 0 unspecified atom stereocenters. The van der Waals surface area contributed by atoms with Crippen LogP contribution in [0.25, 0.3) is 0 Å². The maximum absolute atomic E-state index is 12.6. The largest absolute Gasteiger partial charge is 0.310 e. The molecule has 1 amide bonds. The summed E-state index contributed by atoms with van der Waals surface area (Å²) in [6.07, 6.45) is 2.34. The Hall–Kier alpha value is -2.40. The lowest BCUT2D eigenvalue weighted by Gasteiger charge is -2.19. The summed E-state index contributed by atoms with van der Waals surface area (Å²) >= 11 is 6.23. The first kappa shape index (κ1) is 15.5. The molecule has 0 bridgehead atoms. The first-order valence-corrected chi connectivity index (χ1v) is 7.67. The van der Waals surface area contributed by atoms with E-state index in [1.54, 1.807) is 7.05 Å². The van der Waals surface area contributed by atoms with Crippen molar-refractivity contribution in [3.63, 3.8) is 0 Å². The van der Waals surface area contributed by atoms with Gasteiger partial charge in [0.1, 0.15) is 0 Å². The Kier molecular flexibility index (Phi) is 4.05. The molecular formula is C17H15ClN2O3. The van der Waals surface area contributed by atoms with Gasteiger partial charge in [0.05, 0.1) is 15.6 Å². The zero-order chi connectivity index (χ0) is 16.6. The van der Waals surface area contributed by atoms with Gasteiger partial charge in [-0.05, 0) is 48.6 Å². The minimum absolute atomic E-state index is 0.0435. The van der Waals surface area contributed by atoms with E-state index in [0.29, 0.717) is 22.2 Å². The molecule has 0 saturated heterocycles. The highest BCUT2D eigenvalue weighted by Crippen LogP contribution is 2.42. The van der Waals surface area contributed by atoms with Crippen LogP contribution in [-0.2, 0) is 0 Å². The molecule has 0 atom stereocenters. The summed E-state index contributed by atoms with van der Waals surface area (Å²) in [6.45, 7) is 0. The summed E-state index contributed by atoms with van der Waals surface area (Å²) in [5.74, 6) is 0.309. The molecule has 0 N–H and O–H groups in total. The molecule has 6 heteroatoms. The van der Waals surface area contributed by atoms with Gasteiger partial charge >= 0.3 is 0 Å². The average molecular weight is 331 g/mol. The number of halogens is 1. The van der Waals surface area contributed by atoms with E-state index < -0.39 is 4.92 Å². The third-order valence-electron chi connectivity index (χ3n) is 4.01. The molecule has 0 radical (unpaired) electrons. The van der Waals surface area contributed by atoms with Gasteiger partial charge in [0, 0.05) is 24.7 Å². The van der Waals surface area contributed by atoms with Crippen molar-refractivity contribution >= 4 is 28.9 Å². The van der Waals surface area contributed by atoms with Crippen LogP contribution in [0.15, 0.2) is 42.5 Å². The lowest BCUT2D eigenvalue weighted by Crippen LogP contribution is -2.26. The highest BCUT2D eigenvalue weighted by atomic mass is 35.5. The number of non-ortho nitro benzene ring substituents is 1. The molecule has 0 spiro atoms. The molecule has 0 aliphatic heterocycles. The first-order chi connectivity index (χ1) is 11.0. The van der Waals surface area contributed by atoms with Crippen molar-refractivity contribution in [1.29, 1.82) is 0 Å². The molecule has 1 aliphatic rings. The van der Waals surface area contributed by atoms with E-state index in [2.05, 4.69) is 0 Å². The van der Waals surface area contributed by atoms with Gasteiger partial charge in [0.2, 0.25) is 0 Å². The van der Waals surface area contributed by atoms with Gasteiger partial charge in [0.15, 0.2) is 0 Å². The number of hydrogen-bond acceptors (Lipinski definition) is 3. The number of anilines is 1. The zero-order valence-corrected chi connectivity index (χ0v) is 13.3. The lowest BCUT2D eigenvalue weighted by molar-refractivity contribution is -0.384. The molecule has 2 aromatic carbocycles. The SMILES string of the molecule is CN(C(=O)c1ccc([N+](=O)[O-])cc1)c1cc(C2CC2)ccc1Cl. The summed E-state index contributed by atoms with van der Waals surface area (Å²) in [5, 5.41) is 11.2. The quantitative estimate of drug-likeness (QED) is 0.616. The number of rotatable bonds is 4. The van der Waals surface area contributed by atoms with Crippen LogP contribution >= 0.6 is 11.6 Å². The van der Waals surface area contributed by atoms with Crippen molar-refractivity contribution in [2.45, 2.75) is 18.8 Å². The molecule has 1 aliphatic carbocycles. The van der Waals surface area contributed by atoms with Crippen LogP contribution in [0.2, 0.25) is 5.02 Å². The predicted octanol–water partition coefficient (Wildman–Crippen LogP) is 4.40. The maximum atomic E-state index is 12.6. The van der Waals surface area contributed by atoms with Gasteiger partial charge in [-0.1, -0.05) is 17.7 Å². The Morgan fingerprint density at radius 2 is 1.87 bits per heavy atom. The Labute approximate surface area is 138 Å². The van der Waals surface area contributed by atoms with Crippen LogP contribution in [0, 0.1) is 10.1 Å². The number of nitro groups is 1. The fraction of sp³-hybridized carbons (Fsp3) is 0.235. The number of hydrogen-bond donors (Lipinski definition) is 0. The smallest absolute Gasteiger partial charge is 0.269 e. The number of nitro benzene ring substituents is 1. The molecule has 2 aromatic rings. The van der Waals surface area contributed by atoms with Crippen LogP contribution in [-0.4, -0.2) is 17.9 Å². The molecule has 3 rings (SSSR count). The number of carbonyl (C=O) groups is 1. The van der Waals surface area contributed by atoms with Crippen molar-refractivity contribution in [3.05, 3.63) is 68.7 Å². The van der Waals surface area contributed by atoms with Gasteiger partial charge in [-0.2, -0.15) is 0 Å². The van der Waals surface area contributed by atoms with Crippen molar-refractivity contribution in [1.82, 2.24) is 0 Å². The second kappa shape index (κ2) is 6.01. The molecule has 118 valence electrons. The molecule has 0 aromatic heterocycles. The molecular weight excluding hydrogens is 316 g/mol. The van der Waals surface area contributed by atoms with E-state index in [-0.39, 0.29) is 11.6 Å². The summed E-state index contributed by atoms with van der Waals surface area (Å²) in [6, 6.07) is 11.3. The fourth-order valence-electron chi connectivity index (χ4n) is 2.49. The number of amides is 1. The van der Waals surface area contributed by atoms with Crippen LogP contribution in [0.4, 0.5) is 11.4 Å². The third kappa shape index (κ3) is 3.19. The highest BCUT2D eigenvalue weighted by Gasteiger charge is 2.25. The van der Waals surface area contributed by atoms with Gasteiger partial charge in [-0.25, -0.2) is 0 Å². The summed E-state index contributed by atoms with van der Waals surface area (Å²) in [7, 11) is 1.65. The van der Waals surface area contributed by atoms with E-state index in [0.717, 1.165) is 0 Å². The average Bonchev–Trinajstić information content (AvgIpc) is 3.39. The molecule has 1 fully saturated rings. The topological polar surface area (TPSA) is 63.5 Å². The third-order valence-corrected chi connectivity index (χ3v) is 4.33. The summed E-state index contributed by atoms with van der Waals surface area (Å²) < 4.78 is 0. The Morgan fingerprint density at radius 1 is 1.22 bits per heavy atom. The Balaban J connectivity index is 1.87. The molecule has 5 nitrogen and oxygen atoms in total. The summed E-state index contributed by atoms with van der Waals surface area (Å²) in [4.78, 5) is 24.2. The predicted molar refractivity (Wildman–Crippen MR) is 89.3 cm³/mol. The number of benzene rings is 2. The van der Waals surface area contributed by atoms with E-state index in [1.807, 2.05) is 18.2 Å². The van der Waals surface area contributed by atoms with Gasteiger partial charge in [-0.15, -0.1) is 0 Å². The highest BCUT2D eigenvalue weighted by molar-refractivity contribution is 6.34. The van der Waals surface area contributed by atoms with Crippen molar-refractivity contribution in [2.24, 2.45) is 0 Å². The van der Waals surface area contributed by atoms with Gasteiger partial charge < -0.3 is 4.90 Å². The molecule has 23 heavy (non-hydrogen) atoms. The number of nitrogens with zero attached hydrogens (tertiary/aromatic N) is 2. The van der Waals surface area contributed by atoms with Crippen molar-refractivity contribution in [3.8, 4) is 0 Å². The van der Waals surface area contributed by atoms with Crippen molar-refractivity contribution < 1.29 is 9.72 Å². The van der Waals surface area contributed by atoms with Crippen LogP contribution in [0.5, 0.6) is 0 Å². The Morgan fingerprint density at radius 3 is 2.43 bits per heavy atom. The Bertz CT molecular complexity index is 770. The van der Waals surface area contributed by atoms with Crippen LogP contribution < -0.4 is 4.90 Å². The maximum Gasteiger partial charge on any atom is 0.269 e. The fourth-order valence-corrected chi connectivity index (χ4v) is 2.73. The van der Waals surface area contributed by atoms with E-state index >= 15 is 0 Å². The number of carbonyl (C=O) groups excluding carboxylic acids is 1. The van der Waals surface area contributed by atoms with E-state index in [4.69, 9.17) is 11.6 Å². The minimum Gasteiger partial charge on any atom is -0.310 e. The van der Waals surface area contributed by atoms with Gasteiger partial charge in [0.25, 0.3) is 11.6 Å². The zero-order valence-electron chi connectivity index (χ0n) is 12.5. The summed E-state index contributed by atoms with van der Waals surface area (Å²) in [5.41, 5.74) is 2.18. The standard InChI is InChI=1S/C17H15ClN2O3/c1-19(16-10-13(11-2-3-11)6-9-15(16)18)17(21)12-4-7-14(8-5-12)20(22)23/h4-11H,2-3H2,1H3. The second-order valence-electron chi connectivity index (χ2n) is 5.65. The van der Waals surface area contributed by atoms with Gasteiger partial charge in [-0.3, -0.25) is 14.9 Å².